The summed E-state index contributed by atoms with van der Waals surface area (Å²) in [5.41, 5.74) is 3.66. The van der Waals surface area contributed by atoms with Crippen LogP contribution in [-0.4, -0.2) is 12.9 Å². The lowest BCUT2D eigenvalue weighted by atomic mass is 9.93. The molecule has 1 aliphatic rings. The molecule has 0 amide bonds. The summed E-state index contributed by atoms with van der Waals surface area (Å²) >= 11 is 5.05. The maximum absolute atomic E-state index is 10.9. The molecule has 0 fully saturated rings. The van der Waals surface area contributed by atoms with E-state index in [0.717, 1.165) is 39.1 Å². The van der Waals surface area contributed by atoms with Crippen LogP contribution in [0.2, 0.25) is 0 Å². The lowest BCUT2D eigenvalue weighted by Crippen LogP contribution is -2.17. The molecule has 1 aromatic carbocycles. The number of hydrogen-bond donors (Lipinski definition) is 0. The van der Waals surface area contributed by atoms with E-state index in [1.54, 1.807) is 0 Å². The van der Waals surface area contributed by atoms with Crippen molar-refractivity contribution in [3.05, 3.63) is 55.2 Å². The standard InChI is InChI=1S/C15H13BrO2S/c1-9-13(7-12(8-17)19-9)15-14-6-11(16)3-2-10(14)4-5-18-15/h2-3,6-8,15H,4-5H2,1H3. The van der Waals surface area contributed by atoms with Crippen LogP contribution in [0.4, 0.5) is 0 Å². The molecule has 1 aliphatic heterocycles. The number of carbonyl (C=O) groups is 1. The number of aldehydes is 1. The van der Waals surface area contributed by atoms with E-state index < -0.39 is 0 Å². The summed E-state index contributed by atoms with van der Waals surface area (Å²) in [5, 5.41) is 0. The van der Waals surface area contributed by atoms with Crippen LogP contribution in [0, 0.1) is 6.92 Å². The minimum atomic E-state index is -0.0498. The van der Waals surface area contributed by atoms with Gasteiger partial charge in [-0.15, -0.1) is 11.3 Å². The Labute approximate surface area is 124 Å². The summed E-state index contributed by atoms with van der Waals surface area (Å²) < 4.78 is 7.01. The van der Waals surface area contributed by atoms with Crippen LogP contribution in [0.25, 0.3) is 0 Å². The van der Waals surface area contributed by atoms with Crippen molar-refractivity contribution < 1.29 is 9.53 Å². The second-order valence-corrected chi connectivity index (χ2v) is 6.83. The molecule has 2 nitrogen and oxygen atoms in total. The van der Waals surface area contributed by atoms with E-state index in [9.17, 15) is 4.79 Å². The number of carbonyl (C=O) groups excluding carboxylic acids is 1. The van der Waals surface area contributed by atoms with E-state index in [2.05, 4.69) is 34.1 Å². The van der Waals surface area contributed by atoms with Gasteiger partial charge in [0.2, 0.25) is 0 Å². The van der Waals surface area contributed by atoms with Crippen molar-refractivity contribution in [3.63, 3.8) is 0 Å². The van der Waals surface area contributed by atoms with Crippen LogP contribution in [0.3, 0.4) is 0 Å². The van der Waals surface area contributed by atoms with Gasteiger partial charge in [0.1, 0.15) is 6.10 Å². The average Bonchev–Trinajstić information content (AvgIpc) is 2.79. The maximum Gasteiger partial charge on any atom is 0.160 e. The van der Waals surface area contributed by atoms with E-state index in [1.165, 1.54) is 22.5 Å². The number of aryl methyl sites for hydroxylation is 1. The highest BCUT2D eigenvalue weighted by Crippen LogP contribution is 2.38. The summed E-state index contributed by atoms with van der Waals surface area (Å²) in [5.74, 6) is 0. The Morgan fingerprint density at radius 1 is 1.37 bits per heavy atom. The lowest BCUT2D eigenvalue weighted by Gasteiger charge is -2.26. The summed E-state index contributed by atoms with van der Waals surface area (Å²) in [6.07, 6.45) is 1.81. The van der Waals surface area contributed by atoms with Crippen LogP contribution >= 0.6 is 27.3 Å². The first-order chi connectivity index (χ1) is 9.19. The van der Waals surface area contributed by atoms with E-state index in [0.29, 0.717) is 0 Å². The second kappa shape index (κ2) is 5.19. The molecule has 0 radical (unpaired) electrons. The Hall–Kier alpha value is -0.970. The highest BCUT2D eigenvalue weighted by atomic mass is 79.9. The van der Waals surface area contributed by atoms with E-state index >= 15 is 0 Å². The topological polar surface area (TPSA) is 26.3 Å². The van der Waals surface area contributed by atoms with Crippen LogP contribution in [-0.2, 0) is 11.2 Å². The van der Waals surface area contributed by atoms with Crippen molar-refractivity contribution in [1.82, 2.24) is 0 Å². The molecule has 2 heterocycles. The van der Waals surface area contributed by atoms with Crippen molar-refractivity contribution in [3.8, 4) is 0 Å². The van der Waals surface area contributed by atoms with Crippen molar-refractivity contribution in [2.75, 3.05) is 6.61 Å². The summed E-state index contributed by atoms with van der Waals surface area (Å²) in [6, 6.07) is 8.29. The highest BCUT2D eigenvalue weighted by molar-refractivity contribution is 9.10. The number of fused-ring (bicyclic) bond motifs is 1. The smallest absolute Gasteiger partial charge is 0.160 e. The first kappa shape index (κ1) is 13.0. The van der Waals surface area contributed by atoms with Gasteiger partial charge in [0.15, 0.2) is 6.29 Å². The zero-order chi connectivity index (χ0) is 13.4. The summed E-state index contributed by atoms with van der Waals surface area (Å²) in [6.45, 7) is 2.77. The Kier molecular flexibility index (Phi) is 3.56. The molecule has 0 N–H and O–H groups in total. The minimum Gasteiger partial charge on any atom is -0.368 e. The van der Waals surface area contributed by atoms with Crippen molar-refractivity contribution >= 4 is 33.6 Å². The molecule has 0 spiro atoms. The average molecular weight is 337 g/mol. The molecule has 0 saturated carbocycles. The van der Waals surface area contributed by atoms with Gasteiger partial charge in [0.05, 0.1) is 11.5 Å². The predicted octanol–water partition coefficient (Wildman–Crippen LogP) is 4.29. The molecule has 2 aromatic rings. The number of benzene rings is 1. The number of ether oxygens (including phenoxy) is 1. The predicted molar refractivity (Wildman–Crippen MR) is 80.1 cm³/mol. The Morgan fingerprint density at radius 2 is 2.21 bits per heavy atom. The number of rotatable bonds is 2. The fourth-order valence-corrected chi connectivity index (χ4v) is 3.76. The minimum absolute atomic E-state index is 0.0498. The molecule has 98 valence electrons. The molecule has 0 aliphatic carbocycles. The quantitative estimate of drug-likeness (QED) is 0.764. The highest BCUT2D eigenvalue weighted by Gasteiger charge is 2.25. The number of hydrogen-bond acceptors (Lipinski definition) is 3. The Balaban J connectivity index is 2.09. The molecule has 1 atom stereocenters. The van der Waals surface area contributed by atoms with Crippen LogP contribution in [0.15, 0.2) is 28.7 Å². The van der Waals surface area contributed by atoms with Gasteiger partial charge >= 0.3 is 0 Å². The van der Waals surface area contributed by atoms with Crippen molar-refractivity contribution in [1.29, 1.82) is 0 Å². The number of thiophene rings is 1. The summed E-state index contributed by atoms with van der Waals surface area (Å²) in [4.78, 5) is 12.8. The van der Waals surface area contributed by atoms with Gasteiger partial charge in [-0.25, -0.2) is 0 Å². The first-order valence-electron chi connectivity index (χ1n) is 6.14. The maximum atomic E-state index is 10.9. The number of halogens is 1. The van der Waals surface area contributed by atoms with Crippen molar-refractivity contribution in [2.45, 2.75) is 19.4 Å². The fraction of sp³-hybridized carbons (Fsp3) is 0.267. The molecular weight excluding hydrogens is 324 g/mol. The van der Waals surface area contributed by atoms with Gasteiger partial charge in [0.25, 0.3) is 0 Å². The monoisotopic (exact) mass is 336 g/mol. The normalized spacial score (nSPS) is 18.1. The van der Waals surface area contributed by atoms with Gasteiger partial charge in [-0.2, -0.15) is 0 Å². The van der Waals surface area contributed by atoms with Gasteiger partial charge < -0.3 is 4.74 Å². The fourth-order valence-electron chi connectivity index (χ4n) is 2.51. The SMILES string of the molecule is Cc1sc(C=O)cc1C1OCCc2ccc(Br)cc21. The largest absolute Gasteiger partial charge is 0.368 e. The van der Waals surface area contributed by atoms with E-state index in [1.807, 2.05) is 13.0 Å². The lowest BCUT2D eigenvalue weighted by molar-refractivity contribution is 0.0697. The van der Waals surface area contributed by atoms with Gasteiger partial charge in [-0.1, -0.05) is 22.0 Å². The first-order valence-corrected chi connectivity index (χ1v) is 7.75. The third-order valence-corrected chi connectivity index (χ3v) is 4.91. The van der Waals surface area contributed by atoms with Crippen LogP contribution in [0.5, 0.6) is 0 Å². The van der Waals surface area contributed by atoms with Crippen molar-refractivity contribution in [2.24, 2.45) is 0 Å². The third-order valence-electron chi connectivity index (χ3n) is 3.42. The molecule has 0 saturated heterocycles. The van der Waals surface area contributed by atoms with Gasteiger partial charge in [-0.05, 0) is 48.2 Å². The van der Waals surface area contributed by atoms with E-state index in [-0.39, 0.29) is 6.10 Å². The summed E-state index contributed by atoms with van der Waals surface area (Å²) in [7, 11) is 0. The second-order valence-electron chi connectivity index (χ2n) is 4.62. The zero-order valence-corrected chi connectivity index (χ0v) is 12.9. The Morgan fingerprint density at radius 3 is 2.95 bits per heavy atom. The molecule has 0 bridgehead atoms. The van der Waals surface area contributed by atoms with Gasteiger partial charge in [0, 0.05) is 9.35 Å². The molecule has 1 unspecified atom stereocenters. The van der Waals surface area contributed by atoms with Crippen LogP contribution in [0.1, 0.15) is 37.3 Å². The third kappa shape index (κ3) is 2.40. The van der Waals surface area contributed by atoms with Gasteiger partial charge in [-0.3, -0.25) is 4.79 Å². The van der Waals surface area contributed by atoms with E-state index in [4.69, 9.17) is 4.74 Å². The molecule has 3 rings (SSSR count). The zero-order valence-electron chi connectivity index (χ0n) is 10.5. The van der Waals surface area contributed by atoms with Crippen LogP contribution < -0.4 is 0 Å². The molecule has 19 heavy (non-hydrogen) atoms. The Bertz CT molecular complexity index is 633. The molecule has 4 heteroatoms. The molecule has 1 aromatic heterocycles. The molecular formula is C15H13BrO2S.